The van der Waals surface area contributed by atoms with Crippen LogP contribution in [0.25, 0.3) is 0 Å². The Morgan fingerprint density at radius 1 is 1.25 bits per heavy atom. The Kier molecular flexibility index (Phi) is 2.10. The van der Waals surface area contributed by atoms with Gasteiger partial charge in [-0.2, -0.15) is 0 Å². The molecule has 0 bridgehead atoms. The fraction of sp³-hybridized carbons (Fsp3) is 0.429. The zero-order valence-electron chi connectivity index (χ0n) is 7.09. The van der Waals surface area contributed by atoms with Gasteiger partial charge in [-0.05, 0) is 0 Å². The van der Waals surface area contributed by atoms with E-state index < -0.39 is 5.91 Å². The van der Waals surface area contributed by atoms with Crippen LogP contribution in [0.3, 0.4) is 0 Å². The molecule has 1 heterocycles. The van der Waals surface area contributed by atoms with Crippen LogP contribution < -0.4 is 0 Å². The largest absolute Gasteiger partial charge is 0.372 e. The van der Waals surface area contributed by atoms with Crippen molar-refractivity contribution in [3.63, 3.8) is 0 Å². The summed E-state index contributed by atoms with van der Waals surface area (Å²) in [6, 6.07) is 0. The number of carbonyl (C=O) groups excluding carboxylic acids is 2. The van der Waals surface area contributed by atoms with Gasteiger partial charge in [0, 0.05) is 21.1 Å². The quantitative estimate of drug-likeness (QED) is 0.544. The predicted molar refractivity (Wildman–Crippen MR) is 44.3 cm³/mol. The van der Waals surface area contributed by atoms with E-state index in [4.69, 9.17) is 11.6 Å². The van der Waals surface area contributed by atoms with Gasteiger partial charge < -0.3 is 4.90 Å². The summed E-state index contributed by atoms with van der Waals surface area (Å²) in [6.07, 6.45) is 0. The van der Waals surface area contributed by atoms with E-state index in [0.717, 1.165) is 4.90 Å². The number of halogens is 1. The normalized spacial score (nSPS) is 17.8. The van der Waals surface area contributed by atoms with E-state index >= 15 is 0 Å². The van der Waals surface area contributed by atoms with Crippen molar-refractivity contribution >= 4 is 23.4 Å². The van der Waals surface area contributed by atoms with Crippen LogP contribution in [0.15, 0.2) is 10.7 Å². The molecule has 1 aliphatic heterocycles. The average Bonchev–Trinajstić information content (AvgIpc) is 2.16. The van der Waals surface area contributed by atoms with Crippen LogP contribution in [0.5, 0.6) is 0 Å². The first-order valence-corrected chi connectivity index (χ1v) is 3.74. The molecule has 0 fully saturated rings. The van der Waals surface area contributed by atoms with E-state index in [-0.39, 0.29) is 16.6 Å². The predicted octanol–water partition coefficient (Wildman–Crippen LogP) is -0.00300. The first kappa shape index (κ1) is 9.06. The maximum Gasteiger partial charge on any atom is 0.278 e. The molecule has 66 valence electrons. The lowest BCUT2D eigenvalue weighted by Crippen LogP contribution is -2.29. The van der Waals surface area contributed by atoms with Crippen molar-refractivity contribution in [2.75, 3.05) is 21.1 Å². The molecule has 1 aliphatic rings. The fourth-order valence-electron chi connectivity index (χ4n) is 0.981. The molecule has 5 heteroatoms. The van der Waals surface area contributed by atoms with Crippen molar-refractivity contribution in [2.24, 2.45) is 0 Å². The molecule has 0 aromatic carbocycles. The molecule has 0 saturated carbocycles. The monoisotopic (exact) mass is 188 g/mol. The molecule has 0 spiro atoms. The maximum atomic E-state index is 11.3. The van der Waals surface area contributed by atoms with Crippen molar-refractivity contribution in [1.29, 1.82) is 0 Å². The first-order valence-electron chi connectivity index (χ1n) is 3.36. The van der Waals surface area contributed by atoms with Crippen LogP contribution in [0.2, 0.25) is 0 Å². The molecule has 0 saturated heterocycles. The molecule has 0 unspecified atom stereocenters. The van der Waals surface area contributed by atoms with E-state index in [9.17, 15) is 9.59 Å². The van der Waals surface area contributed by atoms with E-state index in [2.05, 4.69) is 0 Å². The van der Waals surface area contributed by atoms with Gasteiger partial charge in [0.15, 0.2) is 0 Å². The first-order chi connectivity index (χ1) is 5.46. The van der Waals surface area contributed by atoms with Crippen molar-refractivity contribution in [3.05, 3.63) is 10.7 Å². The van der Waals surface area contributed by atoms with Gasteiger partial charge in [0.05, 0.1) is 0 Å². The molecule has 1 rings (SSSR count). The number of amides is 2. The van der Waals surface area contributed by atoms with E-state index in [0.29, 0.717) is 0 Å². The highest BCUT2D eigenvalue weighted by molar-refractivity contribution is 6.47. The topological polar surface area (TPSA) is 40.6 Å². The number of likely N-dealkylation sites (N-methyl/N-ethyl adjacent to an activating group) is 2. The summed E-state index contributed by atoms with van der Waals surface area (Å²) < 4.78 is 0. The van der Waals surface area contributed by atoms with Gasteiger partial charge >= 0.3 is 0 Å². The zero-order chi connectivity index (χ0) is 9.46. The Morgan fingerprint density at radius 2 is 1.75 bits per heavy atom. The Balaban J connectivity index is 3.13. The molecule has 0 aliphatic carbocycles. The molecule has 12 heavy (non-hydrogen) atoms. The Morgan fingerprint density at radius 3 is 1.92 bits per heavy atom. The second-order valence-corrected chi connectivity index (χ2v) is 3.10. The van der Waals surface area contributed by atoms with Crippen LogP contribution in [-0.4, -0.2) is 42.8 Å². The molecule has 0 atom stereocenters. The highest BCUT2D eigenvalue weighted by Crippen LogP contribution is 2.23. The number of hydrogen-bond acceptors (Lipinski definition) is 3. The second-order valence-electron chi connectivity index (χ2n) is 2.73. The highest BCUT2D eigenvalue weighted by atomic mass is 35.5. The molecule has 0 aromatic rings. The Labute approximate surface area is 75.4 Å². The lowest BCUT2D eigenvalue weighted by molar-refractivity contribution is -0.136. The van der Waals surface area contributed by atoms with Crippen molar-refractivity contribution in [1.82, 2.24) is 9.80 Å². The van der Waals surface area contributed by atoms with E-state index in [1.165, 1.54) is 11.9 Å². The number of carbonyl (C=O) groups is 2. The van der Waals surface area contributed by atoms with Crippen LogP contribution in [0, 0.1) is 0 Å². The maximum absolute atomic E-state index is 11.3. The van der Waals surface area contributed by atoms with Gasteiger partial charge in [-0.1, -0.05) is 11.6 Å². The summed E-state index contributed by atoms with van der Waals surface area (Å²) in [6.45, 7) is 0. The SMILES string of the molecule is CN(C)C1=C(Cl)C(=O)N(C)C1=O. The molecule has 0 N–H and O–H groups in total. The van der Waals surface area contributed by atoms with Gasteiger partial charge in [0.1, 0.15) is 10.7 Å². The van der Waals surface area contributed by atoms with Crippen molar-refractivity contribution < 1.29 is 9.59 Å². The van der Waals surface area contributed by atoms with Crippen molar-refractivity contribution in [2.45, 2.75) is 0 Å². The Hall–Kier alpha value is -1.03. The summed E-state index contributed by atoms with van der Waals surface area (Å²) in [4.78, 5) is 24.9. The van der Waals surface area contributed by atoms with Crippen LogP contribution >= 0.6 is 11.6 Å². The molecule has 0 radical (unpaired) electrons. The average molecular weight is 189 g/mol. The summed E-state index contributed by atoms with van der Waals surface area (Å²) >= 11 is 5.64. The summed E-state index contributed by atoms with van der Waals surface area (Å²) in [5, 5.41) is -0.00694. The molecule has 2 amide bonds. The fourth-order valence-corrected chi connectivity index (χ4v) is 1.36. The third kappa shape index (κ3) is 1.08. The van der Waals surface area contributed by atoms with E-state index in [1.54, 1.807) is 14.1 Å². The molecular formula is C7H9ClN2O2. The van der Waals surface area contributed by atoms with Gasteiger partial charge in [-0.3, -0.25) is 14.5 Å². The third-order valence-electron chi connectivity index (χ3n) is 1.65. The van der Waals surface area contributed by atoms with Gasteiger partial charge in [0.25, 0.3) is 11.8 Å². The van der Waals surface area contributed by atoms with Crippen LogP contribution in [0.4, 0.5) is 0 Å². The second kappa shape index (κ2) is 2.79. The highest BCUT2D eigenvalue weighted by Gasteiger charge is 2.35. The molecule has 0 aromatic heterocycles. The van der Waals surface area contributed by atoms with Gasteiger partial charge in [-0.25, -0.2) is 0 Å². The lowest BCUT2D eigenvalue weighted by Gasteiger charge is -2.12. The number of rotatable bonds is 1. The van der Waals surface area contributed by atoms with Gasteiger partial charge in [0.2, 0.25) is 0 Å². The van der Waals surface area contributed by atoms with Crippen LogP contribution in [-0.2, 0) is 9.59 Å². The Bertz CT molecular complexity index is 283. The third-order valence-corrected chi connectivity index (χ3v) is 2.00. The minimum atomic E-state index is -0.439. The number of imide groups is 1. The summed E-state index contributed by atoms with van der Waals surface area (Å²) in [7, 11) is 4.74. The smallest absolute Gasteiger partial charge is 0.278 e. The molecule has 4 nitrogen and oxygen atoms in total. The minimum Gasteiger partial charge on any atom is -0.372 e. The lowest BCUT2D eigenvalue weighted by atomic mass is 10.4. The van der Waals surface area contributed by atoms with Crippen LogP contribution in [0.1, 0.15) is 0 Å². The summed E-state index contributed by atoms with van der Waals surface area (Å²) in [5.74, 6) is -0.791. The van der Waals surface area contributed by atoms with E-state index in [1.807, 2.05) is 0 Å². The standard InChI is InChI=1S/C7H9ClN2O2/c1-9(2)5-4(8)6(11)10(3)7(5)12/h1-3H3. The number of nitrogens with zero attached hydrogens (tertiary/aromatic N) is 2. The van der Waals surface area contributed by atoms with Crippen molar-refractivity contribution in [3.8, 4) is 0 Å². The summed E-state index contributed by atoms with van der Waals surface area (Å²) in [5.41, 5.74) is 0.254. The minimum absolute atomic E-state index is 0.00694. The zero-order valence-corrected chi connectivity index (χ0v) is 7.84. The molecular weight excluding hydrogens is 180 g/mol. The number of hydrogen-bond donors (Lipinski definition) is 0. The van der Waals surface area contributed by atoms with Gasteiger partial charge in [-0.15, -0.1) is 0 Å².